The highest BCUT2D eigenvalue weighted by molar-refractivity contribution is 5.79. The largest absolute Gasteiger partial charge is 0.352 e. The van der Waals surface area contributed by atoms with Crippen LogP contribution in [0, 0.1) is 5.92 Å². The average Bonchev–Trinajstić information content (AvgIpc) is 2.59. The lowest BCUT2D eigenvalue weighted by Crippen LogP contribution is -2.31. The van der Waals surface area contributed by atoms with Gasteiger partial charge in [-0.3, -0.25) is 9.69 Å². The van der Waals surface area contributed by atoms with Crippen molar-refractivity contribution in [3.05, 3.63) is 47.5 Å². The van der Waals surface area contributed by atoms with Crippen molar-refractivity contribution in [1.82, 2.24) is 10.2 Å². The van der Waals surface area contributed by atoms with Crippen molar-refractivity contribution in [1.29, 1.82) is 0 Å². The Labute approximate surface area is 134 Å². The standard InChI is InChI=1S/C19H28N2O/c1-3-21(4-2)15-18-13-9-8-12-17(18)14-20-19(22)16-10-6-5-7-11-16/h5-6,8-9,12-13,16H,3-4,7,10-11,14-15H2,1-2H3,(H,20,22). The van der Waals surface area contributed by atoms with E-state index < -0.39 is 0 Å². The third-order valence-electron chi connectivity index (χ3n) is 4.50. The Morgan fingerprint density at radius 3 is 2.55 bits per heavy atom. The quantitative estimate of drug-likeness (QED) is 0.782. The minimum absolute atomic E-state index is 0.153. The Balaban J connectivity index is 1.94. The summed E-state index contributed by atoms with van der Waals surface area (Å²) in [6, 6.07) is 8.43. The molecule has 1 aliphatic rings. The van der Waals surface area contributed by atoms with Gasteiger partial charge in [0.25, 0.3) is 0 Å². The smallest absolute Gasteiger partial charge is 0.223 e. The van der Waals surface area contributed by atoms with E-state index in [4.69, 9.17) is 0 Å². The second kappa shape index (κ2) is 8.74. The number of nitrogens with zero attached hydrogens (tertiary/aromatic N) is 1. The molecule has 3 heteroatoms. The van der Waals surface area contributed by atoms with Crippen molar-refractivity contribution in [2.24, 2.45) is 5.92 Å². The van der Waals surface area contributed by atoms with Gasteiger partial charge in [0, 0.05) is 19.0 Å². The van der Waals surface area contributed by atoms with E-state index in [1.54, 1.807) is 0 Å². The van der Waals surface area contributed by atoms with E-state index in [1.165, 1.54) is 11.1 Å². The maximum Gasteiger partial charge on any atom is 0.223 e. The van der Waals surface area contributed by atoms with Crippen LogP contribution >= 0.6 is 0 Å². The number of carbonyl (C=O) groups is 1. The predicted molar refractivity (Wildman–Crippen MR) is 91.4 cm³/mol. The fourth-order valence-electron chi connectivity index (χ4n) is 2.93. The van der Waals surface area contributed by atoms with Crippen LogP contribution in [0.3, 0.4) is 0 Å². The van der Waals surface area contributed by atoms with Crippen LogP contribution in [-0.4, -0.2) is 23.9 Å². The van der Waals surface area contributed by atoms with Gasteiger partial charge in [-0.2, -0.15) is 0 Å². The fourth-order valence-corrected chi connectivity index (χ4v) is 2.93. The van der Waals surface area contributed by atoms with Gasteiger partial charge in [0.1, 0.15) is 0 Å². The molecule has 1 aliphatic carbocycles. The molecule has 1 amide bonds. The summed E-state index contributed by atoms with van der Waals surface area (Å²) in [4.78, 5) is 14.7. The molecule has 1 N–H and O–H groups in total. The van der Waals surface area contributed by atoms with E-state index in [2.05, 4.69) is 60.5 Å². The topological polar surface area (TPSA) is 32.3 Å². The third-order valence-corrected chi connectivity index (χ3v) is 4.50. The third kappa shape index (κ3) is 4.70. The molecule has 0 heterocycles. The molecular formula is C19H28N2O. The number of rotatable bonds is 7. The lowest BCUT2D eigenvalue weighted by molar-refractivity contribution is -0.125. The molecular weight excluding hydrogens is 272 g/mol. The second-order valence-electron chi connectivity index (χ2n) is 5.93. The normalized spacial score (nSPS) is 17.7. The summed E-state index contributed by atoms with van der Waals surface area (Å²) in [5.74, 6) is 0.349. The molecule has 2 rings (SSSR count). The Bertz CT molecular complexity index is 506. The van der Waals surface area contributed by atoms with Crippen LogP contribution in [-0.2, 0) is 17.9 Å². The summed E-state index contributed by atoms with van der Waals surface area (Å²) in [5.41, 5.74) is 2.55. The van der Waals surface area contributed by atoms with Gasteiger partial charge in [0.2, 0.25) is 5.91 Å². The maximum atomic E-state index is 12.3. The van der Waals surface area contributed by atoms with Crippen LogP contribution in [0.25, 0.3) is 0 Å². The predicted octanol–water partition coefficient (Wildman–Crippen LogP) is 3.50. The molecule has 0 bridgehead atoms. The second-order valence-corrected chi connectivity index (χ2v) is 5.93. The molecule has 0 aliphatic heterocycles. The molecule has 0 spiro atoms. The highest BCUT2D eigenvalue weighted by Gasteiger charge is 2.18. The van der Waals surface area contributed by atoms with Gasteiger partial charge in [-0.15, -0.1) is 0 Å². The van der Waals surface area contributed by atoms with E-state index in [0.29, 0.717) is 6.54 Å². The Hall–Kier alpha value is -1.61. The van der Waals surface area contributed by atoms with Crippen molar-refractivity contribution < 1.29 is 4.79 Å². The van der Waals surface area contributed by atoms with E-state index >= 15 is 0 Å². The number of benzene rings is 1. The molecule has 1 atom stereocenters. The van der Waals surface area contributed by atoms with Gasteiger partial charge in [0.15, 0.2) is 0 Å². The van der Waals surface area contributed by atoms with E-state index in [1.807, 2.05) is 0 Å². The lowest BCUT2D eigenvalue weighted by Gasteiger charge is -2.21. The first-order chi connectivity index (χ1) is 10.7. The molecule has 0 saturated heterocycles. The molecule has 22 heavy (non-hydrogen) atoms. The molecule has 3 nitrogen and oxygen atoms in total. The number of amides is 1. The van der Waals surface area contributed by atoms with Gasteiger partial charge < -0.3 is 5.32 Å². The number of hydrogen-bond acceptors (Lipinski definition) is 2. The molecule has 0 aromatic heterocycles. The summed E-state index contributed by atoms with van der Waals surface area (Å²) in [6.07, 6.45) is 7.18. The van der Waals surface area contributed by atoms with Gasteiger partial charge in [-0.05, 0) is 43.5 Å². The number of allylic oxidation sites excluding steroid dienone is 2. The highest BCUT2D eigenvalue weighted by Crippen LogP contribution is 2.18. The zero-order valence-electron chi connectivity index (χ0n) is 13.8. The van der Waals surface area contributed by atoms with E-state index in [-0.39, 0.29) is 11.8 Å². The van der Waals surface area contributed by atoms with Gasteiger partial charge in [-0.1, -0.05) is 50.3 Å². The minimum Gasteiger partial charge on any atom is -0.352 e. The van der Waals surface area contributed by atoms with E-state index in [0.717, 1.165) is 38.9 Å². The summed E-state index contributed by atoms with van der Waals surface area (Å²) in [6.45, 7) is 8.05. The average molecular weight is 300 g/mol. The SMILES string of the molecule is CCN(CC)Cc1ccccc1CNC(=O)C1CC=CCC1. The first-order valence-corrected chi connectivity index (χ1v) is 8.46. The summed E-state index contributed by atoms with van der Waals surface area (Å²) in [7, 11) is 0. The molecule has 1 aromatic rings. The molecule has 1 aromatic carbocycles. The fraction of sp³-hybridized carbons (Fsp3) is 0.526. The molecule has 120 valence electrons. The van der Waals surface area contributed by atoms with Crippen molar-refractivity contribution in [2.75, 3.05) is 13.1 Å². The number of hydrogen-bond donors (Lipinski definition) is 1. The van der Waals surface area contributed by atoms with Gasteiger partial charge >= 0.3 is 0 Å². The van der Waals surface area contributed by atoms with Gasteiger partial charge in [-0.25, -0.2) is 0 Å². The first kappa shape index (κ1) is 16.8. The zero-order chi connectivity index (χ0) is 15.8. The zero-order valence-corrected chi connectivity index (χ0v) is 13.8. The number of carbonyl (C=O) groups excluding carboxylic acids is 1. The lowest BCUT2D eigenvalue weighted by atomic mass is 9.93. The van der Waals surface area contributed by atoms with Crippen LogP contribution in [0.1, 0.15) is 44.2 Å². The Kier molecular flexibility index (Phi) is 6.66. The molecule has 1 unspecified atom stereocenters. The van der Waals surface area contributed by atoms with Crippen LogP contribution in [0.2, 0.25) is 0 Å². The van der Waals surface area contributed by atoms with E-state index in [9.17, 15) is 4.79 Å². The first-order valence-electron chi connectivity index (χ1n) is 8.46. The Morgan fingerprint density at radius 2 is 1.91 bits per heavy atom. The monoisotopic (exact) mass is 300 g/mol. The van der Waals surface area contributed by atoms with Crippen molar-refractivity contribution in [2.45, 2.75) is 46.2 Å². The van der Waals surface area contributed by atoms with Crippen LogP contribution < -0.4 is 5.32 Å². The molecule has 0 radical (unpaired) electrons. The van der Waals surface area contributed by atoms with Crippen molar-refractivity contribution in [3.63, 3.8) is 0 Å². The summed E-state index contributed by atoms with van der Waals surface area (Å²) >= 11 is 0. The van der Waals surface area contributed by atoms with Crippen molar-refractivity contribution in [3.8, 4) is 0 Å². The Morgan fingerprint density at radius 1 is 1.18 bits per heavy atom. The van der Waals surface area contributed by atoms with Crippen molar-refractivity contribution >= 4 is 5.91 Å². The van der Waals surface area contributed by atoms with Gasteiger partial charge in [0.05, 0.1) is 0 Å². The van der Waals surface area contributed by atoms with Crippen LogP contribution in [0.5, 0.6) is 0 Å². The highest BCUT2D eigenvalue weighted by atomic mass is 16.1. The van der Waals surface area contributed by atoms with Crippen LogP contribution in [0.4, 0.5) is 0 Å². The summed E-state index contributed by atoms with van der Waals surface area (Å²) in [5, 5.41) is 3.13. The number of nitrogens with one attached hydrogen (secondary N) is 1. The van der Waals surface area contributed by atoms with Crippen LogP contribution in [0.15, 0.2) is 36.4 Å². The summed E-state index contributed by atoms with van der Waals surface area (Å²) < 4.78 is 0. The maximum absolute atomic E-state index is 12.3. The molecule has 0 saturated carbocycles. The minimum atomic E-state index is 0.153. The molecule has 0 fully saturated rings.